The molecule has 19 heavy (non-hydrogen) atoms. The zero-order chi connectivity index (χ0) is 14.4. The number of aryl methyl sites for hydroxylation is 2. The van der Waals surface area contributed by atoms with Crippen molar-refractivity contribution in [3.05, 3.63) is 29.1 Å². The van der Waals surface area contributed by atoms with E-state index in [0.29, 0.717) is 18.0 Å². The molecule has 0 saturated heterocycles. The van der Waals surface area contributed by atoms with Crippen LogP contribution in [0.15, 0.2) is 12.1 Å². The lowest BCUT2D eigenvalue weighted by atomic mass is 9.95. The minimum Gasteiger partial charge on any atom is -0.350 e. The Hall–Kier alpha value is -1.42. The van der Waals surface area contributed by atoms with E-state index in [-0.39, 0.29) is 11.9 Å². The summed E-state index contributed by atoms with van der Waals surface area (Å²) in [5.41, 5.74) is 8.40. The second kappa shape index (κ2) is 7.24. The van der Waals surface area contributed by atoms with Crippen molar-refractivity contribution in [1.82, 2.24) is 10.3 Å². The van der Waals surface area contributed by atoms with Gasteiger partial charge >= 0.3 is 0 Å². The first kappa shape index (κ1) is 15.6. The van der Waals surface area contributed by atoms with Crippen LogP contribution in [0.5, 0.6) is 0 Å². The maximum atomic E-state index is 12.1. The van der Waals surface area contributed by atoms with Crippen molar-refractivity contribution >= 4 is 5.91 Å². The largest absolute Gasteiger partial charge is 0.350 e. The Kier molecular flexibility index (Phi) is 5.96. The first-order chi connectivity index (χ1) is 8.99. The summed E-state index contributed by atoms with van der Waals surface area (Å²) in [6.07, 6.45) is 2.08. The lowest BCUT2D eigenvalue weighted by Crippen LogP contribution is -2.42. The zero-order valence-corrected chi connectivity index (χ0v) is 12.4. The molecule has 0 saturated carbocycles. The zero-order valence-electron chi connectivity index (χ0n) is 12.4. The molecule has 0 fully saturated rings. The highest BCUT2D eigenvalue weighted by atomic mass is 16.1. The van der Waals surface area contributed by atoms with E-state index in [4.69, 9.17) is 5.73 Å². The van der Waals surface area contributed by atoms with E-state index in [0.717, 1.165) is 24.2 Å². The molecule has 1 rings (SSSR count). The third-order valence-electron chi connectivity index (χ3n) is 3.62. The van der Waals surface area contributed by atoms with Gasteiger partial charge in [-0.1, -0.05) is 26.7 Å². The van der Waals surface area contributed by atoms with E-state index >= 15 is 0 Å². The first-order valence-electron chi connectivity index (χ1n) is 6.97. The van der Waals surface area contributed by atoms with E-state index in [1.54, 1.807) is 0 Å². The lowest BCUT2D eigenvalue weighted by Gasteiger charge is -2.21. The summed E-state index contributed by atoms with van der Waals surface area (Å²) in [7, 11) is 0. The predicted octanol–water partition coefficient (Wildman–Crippen LogP) is 2.19. The lowest BCUT2D eigenvalue weighted by molar-refractivity contribution is 0.0947. The van der Waals surface area contributed by atoms with E-state index < -0.39 is 0 Å². The molecule has 0 bridgehead atoms. The molecular formula is C15H25N3O. The molecule has 1 amide bonds. The van der Waals surface area contributed by atoms with Gasteiger partial charge in [0.05, 0.1) is 11.3 Å². The van der Waals surface area contributed by atoms with Gasteiger partial charge in [-0.05, 0) is 31.9 Å². The molecule has 1 aromatic heterocycles. The van der Waals surface area contributed by atoms with Crippen molar-refractivity contribution in [1.29, 1.82) is 0 Å². The summed E-state index contributed by atoms with van der Waals surface area (Å²) in [4.78, 5) is 16.4. The number of nitrogens with two attached hydrogens (primary N) is 1. The van der Waals surface area contributed by atoms with E-state index in [1.165, 1.54) is 0 Å². The Balaban J connectivity index is 2.60. The van der Waals surface area contributed by atoms with Crippen molar-refractivity contribution < 1.29 is 4.79 Å². The summed E-state index contributed by atoms with van der Waals surface area (Å²) < 4.78 is 0. The molecule has 1 unspecified atom stereocenters. The minimum absolute atomic E-state index is 0.0117. The van der Waals surface area contributed by atoms with E-state index in [9.17, 15) is 4.79 Å². The second-order valence-corrected chi connectivity index (χ2v) is 5.04. The number of carbonyl (C=O) groups excluding carboxylic acids is 1. The van der Waals surface area contributed by atoms with E-state index in [1.807, 2.05) is 26.0 Å². The Bertz CT molecular complexity index is 427. The molecule has 0 aliphatic heterocycles. The van der Waals surface area contributed by atoms with Gasteiger partial charge in [0.15, 0.2) is 0 Å². The second-order valence-electron chi connectivity index (χ2n) is 5.04. The minimum atomic E-state index is -0.0913. The SMILES string of the molecule is CCC(CC)C(N)CNC(=O)c1ccc(C)nc1C. The van der Waals surface area contributed by atoms with Crippen LogP contribution in [-0.4, -0.2) is 23.5 Å². The average Bonchev–Trinajstić information content (AvgIpc) is 2.37. The van der Waals surface area contributed by atoms with Crippen LogP contribution >= 0.6 is 0 Å². The highest BCUT2D eigenvalue weighted by Gasteiger charge is 2.16. The van der Waals surface area contributed by atoms with Crippen LogP contribution in [0.3, 0.4) is 0 Å². The molecule has 4 heteroatoms. The Labute approximate surface area is 115 Å². The van der Waals surface area contributed by atoms with Gasteiger partial charge in [-0.2, -0.15) is 0 Å². The fourth-order valence-electron chi connectivity index (χ4n) is 2.29. The number of nitrogens with zero attached hydrogens (tertiary/aromatic N) is 1. The number of pyridine rings is 1. The van der Waals surface area contributed by atoms with Crippen molar-refractivity contribution in [2.75, 3.05) is 6.54 Å². The smallest absolute Gasteiger partial charge is 0.253 e. The van der Waals surface area contributed by atoms with Gasteiger partial charge in [0.2, 0.25) is 0 Å². The van der Waals surface area contributed by atoms with Crippen LogP contribution in [0.2, 0.25) is 0 Å². The molecule has 1 aromatic rings. The summed E-state index contributed by atoms with van der Waals surface area (Å²) in [6.45, 7) is 8.53. The molecule has 0 aliphatic rings. The molecule has 106 valence electrons. The number of carbonyl (C=O) groups is 1. The Morgan fingerprint density at radius 1 is 1.32 bits per heavy atom. The maximum Gasteiger partial charge on any atom is 0.253 e. The number of aromatic nitrogens is 1. The highest BCUT2D eigenvalue weighted by molar-refractivity contribution is 5.95. The number of hydrogen-bond donors (Lipinski definition) is 2. The van der Waals surface area contributed by atoms with Gasteiger partial charge < -0.3 is 11.1 Å². The van der Waals surface area contributed by atoms with Gasteiger partial charge in [-0.15, -0.1) is 0 Å². The molecule has 3 N–H and O–H groups in total. The summed E-state index contributed by atoms with van der Waals surface area (Å²) >= 11 is 0. The average molecular weight is 263 g/mol. The Morgan fingerprint density at radius 3 is 2.47 bits per heavy atom. The standard InChI is InChI=1S/C15H25N3O/c1-5-12(6-2)14(16)9-17-15(19)13-8-7-10(3)18-11(13)4/h7-8,12,14H,5-6,9,16H2,1-4H3,(H,17,19). The van der Waals surface area contributed by atoms with Gasteiger partial charge in [0.25, 0.3) is 5.91 Å². The van der Waals surface area contributed by atoms with Gasteiger partial charge in [-0.25, -0.2) is 0 Å². The first-order valence-corrected chi connectivity index (χ1v) is 6.97. The van der Waals surface area contributed by atoms with Crippen LogP contribution in [0, 0.1) is 19.8 Å². The maximum absolute atomic E-state index is 12.1. The molecule has 0 aliphatic carbocycles. The third-order valence-corrected chi connectivity index (χ3v) is 3.62. The quantitative estimate of drug-likeness (QED) is 0.826. The van der Waals surface area contributed by atoms with Crippen LogP contribution in [0.4, 0.5) is 0 Å². The van der Waals surface area contributed by atoms with Crippen molar-refractivity contribution in [2.24, 2.45) is 11.7 Å². The fraction of sp³-hybridized carbons (Fsp3) is 0.600. The number of rotatable bonds is 6. The van der Waals surface area contributed by atoms with Crippen molar-refractivity contribution in [3.8, 4) is 0 Å². The monoisotopic (exact) mass is 263 g/mol. The highest BCUT2D eigenvalue weighted by Crippen LogP contribution is 2.11. The van der Waals surface area contributed by atoms with Crippen LogP contribution in [0.1, 0.15) is 48.4 Å². The number of amides is 1. The topological polar surface area (TPSA) is 68.0 Å². The predicted molar refractivity (Wildman–Crippen MR) is 78.1 cm³/mol. The normalized spacial score (nSPS) is 12.5. The summed E-state index contributed by atoms with van der Waals surface area (Å²) in [6, 6.07) is 3.68. The molecule has 0 radical (unpaired) electrons. The van der Waals surface area contributed by atoms with Crippen molar-refractivity contribution in [3.63, 3.8) is 0 Å². The van der Waals surface area contributed by atoms with E-state index in [2.05, 4.69) is 24.1 Å². The van der Waals surface area contributed by atoms with Gasteiger partial charge in [0, 0.05) is 18.3 Å². The molecule has 0 aromatic carbocycles. The molecule has 4 nitrogen and oxygen atoms in total. The van der Waals surface area contributed by atoms with Crippen molar-refractivity contribution in [2.45, 2.75) is 46.6 Å². The number of hydrogen-bond acceptors (Lipinski definition) is 3. The fourth-order valence-corrected chi connectivity index (χ4v) is 2.29. The van der Waals surface area contributed by atoms with Crippen LogP contribution in [0.25, 0.3) is 0 Å². The number of nitrogens with one attached hydrogen (secondary N) is 1. The van der Waals surface area contributed by atoms with Gasteiger partial charge in [0.1, 0.15) is 0 Å². The summed E-state index contributed by atoms with van der Waals surface area (Å²) in [5.74, 6) is 0.365. The van der Waals surface area contributed by atoms with Gasteiger partial charge in [-0.3, -0.25) is 9.78 Å². The third kappa shape index (κ3) is 4.31. The molecule has 1 atom stereocenters. The Morgan fingerprint density at radius 2 is 1.95 bits per heavy atom. The summed E-state index contributed by atoms with van der Waals surface area (Å²) in [5, 5.41) is 2.90. The van der Waals surface area contributed by atoms with Crippen LogP contribution in [-0.2, 0) is 0 Å². The van der Waals surface area contributed by atoms with Crippen LogP contribution < -0.4 is 11.1 Å². The molecule has 1 heterocycles. The molecular weight excluding hydrogens is 238 g/mol. The molecule has 0 spiro atoms.